The van der Waals surface area contributed by atoms with E-state index in [1.54, 1.807) is 7.11 Å². The number of unbranched alkanes of at least 4 members (excludes halogenated alkanes) is 7. The Balaban J connectivity index is 1.89. The standard InChI is InChI=1S/C22H32OS/c1-4-5-6-7-8-9-10-11-12-18-13-14-19-15-17(2)21(23-3)22(24)20(19)16-18/h13-16,24H,4-12H2,1-3H3. The average Bonchev–Trinajstić information content (AvgIpc) is 2.58. The van der Waals surface area contributed by atoms with Crippen LogP contribution in [0, 0.1) is 6.92 Å². The molecule has 0 radical (unpaired) electrons. The zero-order valence-corrected chi connectivity index (χ0v) is 16.4. The molecule has 0 heterocycles. The highest BCUT2D eigenvalue weighted by atomic mass is 32.1. The number of thiol groups is 1. The molecule has 24 heavy (non-hydrogen) atoms. The van der Waals surface area contributed by atoms with Gasteiger partial charge < -0.3 is 4.74 Å². The number of hydrogen-bond donors (Lipinski definition) is 1. The second-order valence-corrected chi connectivity index (χ2v) is 7.30. The van der Waals surface area contributed by atoms with Crippen LogP contribution in [-0.4, -0.2) is 7.11 Å². The van der Waals surface area contributed by atoms with Gasteiger partial charge >= 0.3 is 0 Å². The van der Waals surface area contributed by atoms with E-state index in [4.69, 9.17) is 17.4 Å². The van der Waals surface area contributed by atoms with Crippen LogP contribution in [0.5, 0.6) is 5.75 Å². The maximum absolute atomic E-state index is 5.50. The van der Waals surface area contributed by atoms with Crippen molar-refractivity contribution in [1.29, 1.82) is 0 Å². The summed E-state index contributed by atoms with van der Waals surface area (Å²) in [6, 6.07) is 8.97. The molecule has 0 aromatic heterocycles. The Morgan fingerprint density at radius 1 is 0.917 bits per heavy atom. The number of ether oxygens (including phenoxy) is 1. The molecule has 0 bridgehead atoms. The lowest BCUT2D eigenvalue weighted by Crippen LogP contribution is -1.92. The number of methoxy groups -OCH3 is 1. The molecule has 0 aliphatic rings. The predicted octanol–water partition coefficient (Wildman–Crippen LogP) is 7.13. The molecule has 0 atom stereocenters. The Morgan fingerprint density at radius 3 is 2.25 bits per heavy atom. The summed E-state index contributed by atoms with van der Waals surface area (Å²) >= 11 is 4.70. The third-order valence-electron chi connectivity index (χ3n) is 4.84. The predicted molar refractivity (Wildman–Crippen MR) is 109 cm³/mol. The number of aryl methyl sites for hydroxylation is 2. The van der Waals surface area contributed by atoms with E-state index < -0.39 is 0 Å². The zero-order chi connectivity index (χ0) is 17.4. The van der Waals surface area contributed by atoms with Gasteiger partial charge in [0, 0.05) is 0 Å². The lowest BCUT2D eigenvalue weighted by molar-refractivity contribution is 0.403. The van der Waals surface area contributed by atoms with Crippen molar-refractivity contribution < 1.29 is 4.74 Å². The van der Waals surface area contributed by atoms with E-state index in [0.29, 0.717) is 0 Å². The minimum atomic E-state index is 0.898. The fourth-order valence-corrected chi connectivity index (χ4v) is 3.88. The smallest absolute Gasteiger partial charge is 0.135 e. The Labute approximate surface area is 153 Å². The quantitative estimate of drug-likeness (QED) is 0.356. The summed E-state index contributed by atoms with van der Waals surface area (Å²) in [7, 11) is 1.72. The molecule has 0 saturated carbocycles. The van der Waals surface area contributed by atoms with Gasteiger partial charge in [-0.1, -0.05) is 64.0 Å². The Morgan fingerprint density at radius 2 is 1.58 bits per heavy atom. The number of rotatable bonds is 10. The van der Waals surface area contributed by atoms with Gasteiger partial charge in [0.15, 0.2) is 0 Å². The topological polar surface area (TPSA) is 9.23 Å². The maximum Gasteiger partial charge on any atom is 0.135 e. The van der Waals surface area contributed by atoms with Gasteiger partial charge in [0.2, 0.25) is 0 Å². The first-order chi connectivity index (χ1) is 11.7. The monoisotopic (exact) mass is 344 g/mol. The van der Waals surface area contributed by atoms with Crippen LogP contribution in [0.4, 0.5) is 0 Å². The molecular weight excluding hydrogens is 312 g/mol. The summed E-state index contributed by atoms with van der Waals surface area (Å²) in [5, 5.41) is 2.45. The van der Waals surface area contributed by atoms with Gasteiger partial charge in [-0.15, -0.1) is 12.6 Å². The highest BCUT2D eigenvalue weighted by Gasteiger charge is 2.09. The van der Waals surface area contributed by atoms with Gasteiger partial charge in [-0.05, 0) is 53.8 Å². The van der Waals surface area contributed by atoms with Gasteiger partial charge in [0.25, 0.3) is 0 Å². The molecule has 0 amide bonds. The minimum absolute atomic E-state index is 0.898. The molecule has 0 unspecified atom stereocenters. The van der Waals surface area contributed by atoms with Crippen LogP contribution in [-0.2, 0) is 6.42 Å². The molecule has 0 fully saturated rings. The van der Waals surface area contributed by atoms with Crippen molar-refractivity contribution in [3.8, 4) is 5.75 Å². The summed E-state index contributed by atoms with van der Waals surface area (Å²) in [6.07, 6.45) is 12.1. The second-order valence-electron chi connectivity index (χ2n) is 6.86. The lowest BCUT2D eigenvalue weighted by atomic mass is 10.00. The maximum atomic E-state index is 5.50. The van der Waals surface area contributed by atoms with E-state index in [9.17, 15) is 0 Å². The molecule has 2 rings (SSSR count). The molecule has 2 heteroatoms. The van der Waals surface area contributed by atoms with Gasteiger partial charge in [-0.25, -0.2) is 0 Å². The van der Waals surface area contributed by atoms with Crippen molar-refractivity contribution in [2.75, 3.05) is 7.11 Å². The highest BCUT2D eigenvalue weighted by molar-refractivity contribution is 7.80. The second kappa shape index (κ2) is 9.98. The molecular formula is C22H32OS. The van der Waals surface area contributed by atoms with Gasteiger partial charge in [0.1, 0.15) is 5.75 Å². The lowest BCUT2D eigenvalue weighted by Gasteiger charge is -2.12. The van der Waals surface area contributed by atoms with E-state index in [2.05, 4.69) is 38.1 Å². The van der Waals surface area contributed by atoms with Crippen molar-refractivity contribution >= 4 is 23.4 Å². The molecule has 2 aromatic rings. The first kappa shape index (κ1) is 19.2. The van der Waals surface area contributed by atoms with E-state index in [1.165, 1.54) is 67.7 Å². The average molecular weight is 345 g/mol. The normalized spacial score (nSPS) is 11.2. The summed E-state index contributed by atoms with van der Waals surface area (Å²) < 4.78 is 5.50. The van der Waals surface area contributed by atoms with Crippen molar-refractivity contribution in [1.82, 2.24) is 0 Å². The number of hydrogen-bond acceptors (Lipinski definition) is 2. The molecule has 2 aromatic carbocycles. The molecule has 0 spiro atoms. The van der Waals surface area contributed by atoms with E-state index in [-0.39, 0.29) is 0 Å². The van der Waals surface area contributed by atoms with Crippen molar-refractivity contribution in [3.63, 3.8) is 0 Å². The Bertz CT molecular complexity index is 648. The first-order valence-electron chi connectivity index (χ1n) is 9.46. The fourth-order valence-electron chi connectivity index (χ4n) is 3.42. The summed E-state index contributed by atoms with van der Waals surface area (Å²) in [6.45, 7) is 4.35. The summed E-state index contributed by atoms with van der Waals surface area (Å²) in [5.74, 6) is 0.898. The zero-order valence-electron chi connectivity index (χ0n) is 15.5. The minimum Gasteiger partial charge on any atom is -0.495 e. The van der Waals surface area contributed by atoms with Crippen LogP contribution in [0.2, 0.25) is 0 Å². The van der Waals surface area contributed by atoms with Crippen molar-refractivity contribution in [3.05, 3.63) is 35.4 Å². The number of benzene rings is 2. The third-order valence-corrected chi connectivity index (χ3v) is 5.29. The Hall–Kier alpha value is -1.15. The third kappa shape index (κ3) is 5.17. The summed E-state index contributed by atoms with van der Waals surface area (Å²) in [5.41, 5.74) is 2.56. The highest BCUT2D eigenvalue weighted by Crippen LogP contribution is 2.35. The van der Waals surface area contributed by atoms with E-state index in [1.807, 2.05) is 0 Å². The molecule has 0 N–H and O–H groups in total. The van der Waals surface area contributed by atoms with Crippen molar-refractivity contribution in [2.24, 2.45) is 0 Å². The van der Waals surface area contributed by atoms with E-state index >= 15 is 0 Å². The molecule has 0 aliphatic carbocycles. The molecule has 0 aliphatic heterocycles. The van der Waals surface area contributed by atoms with Crippen LogP contribution in [0.1, 0.15) is 69.4 Å². The SMILES string of the molecule is CCCCCCCCCCc1ccc2cc(C)c(OC)c(S)c2c1. The largest absolute Gasteiger partial charge is 0.495 e. The number of fused-ring (bicyclic) bond motifs is 1. The van der Waals surface area contributed by atoms with E-state index in [0.717, 1.165) is 22.6 Å². The summed E-state index contributed by atoms with van der Waals surface area (Å²) in [4.78, 5) is 0.963. The Kier molecular flexibility index (Phi) is 7.98. The van der Waals surface area contributed by atoms with Crippen LogP contribution in [0.25, 0.3) is 10.8 Å². The fraction of sp³-hybridized carbons (Fsp3) is 0.545. The van der Waals surface area contributed by atoms with Gasteiger partial charge in [0.05, 0.1) is 12.0 Å². The van der Waals surface area contributed by atoms with Crippen LogP contribution in [0.15, 0.2) is 29.2 Å². The molecule has 0 saturated heterocycles. The van der Waals surface area contributed by atoms with Crippen LogP contribution in [0.3, 0.4) is 0 Å². The first-order valence-corrected chi connectivity index (χ1v) is 9.91. The molecule has 132 valence electrons. The van der Waals surface area contributed by atoms with Crippen LogP contribution < -0.4 is 4.74 Å². The van der Waals surface area contributed by atoms with Gasteiger partial charge in [-0.3, -0.25) is 0 Å². The van der Waals surface area contributed by atoms with Gasteiger partial charge in [-0.2, -0.15) is 0 Å². The van der Waals surface area contributed by atoms with Crippen molar-refractivity contribution in [2.45, 2.75) is 76.5 Å². The van der Waals surface area contributed by atoms with Crippen LogP contribution >= 0.6 is 12.6 Å². The molecule has 1 nitrogen and oxygen atoms in total.